The van der Waals surface area contributed by atoms with Crippen LogP contribution in [-0.4, -0.2) is 11.5 Å². The standard InChI is InChI=1S/C34H30S2.C8H10/c1-23-21-31(35-19-17-25-9-5-3-6-10-25)29-15-16-30-32(36-20-18-26-11-7-4-8-12-26)22-24(2)28-14-13-27(23)33(29)34(28)30;1-2-8-6-4-3-5-7-8/h3-16,21-22H,17-20H2,1-2H3;3-7H,2H2,1H3. The van der Waals surface area contributed by atoms with E-state index in [0.717, 1.165) is 30.8 Å². The van der Waals surface area contributed by atoms with Crippen molar-refractivity contribution >= 4 is 55.8 Å². The molecule has 7 aromatic carbocycles. The second kappa shape index (κ2) is 14.4. The molecule has 0 bridgehead atoms. The summed E-state index contributed by atoms with van der Waals surface area (Å²) in [6.45, 7) is 6.71. The van der Waals surface area contributed by atoms with Gasteiger partial charge in [0.25, 0.3) is 0 Å². The van der Waals surface area contributed by atoms with Gasteiger partial charge in [0, 0.05) is 21.3 Å². The zero-order valence-corrected chi connectivity index (χ0v) is 27.6. The first kappa shape index (κ1) is 30.3. The molecule has 0 aliphatic carbocycles. The van der Waals surface area contributed by atoms with Crippen molar-refractivity contribution < 1.29 is 0 Å². The summed E-state index contributed by atoms with van der Waals surface area (Å²) < 4.78 is 0. The molecule has 0 heterocycles. The molecule has 0 atom stereocenters. The van der Waals surface area contributed by atoms with E-state index in [1.807, 2.05) is 29.6 Å². The van der Waals surface area contributed by atoms with Gasteiger partial charge in [0.15, 0.2) is 0 Å². The van der Waals surface area contributed by atoms with Crippen molar-refractivity contribution in [3.63, 3.8) is 0 Å². The molecule has 7 rings (SSSR count). The van der Waals surface area contributed by atoms with Crippen LogP contribution in [0.4, 0.5) is 0 Å². The zero-order chi connectivity index (χ0) is 30.3. The lowest BCUT2D eigenvalue weighted by Gasteiger charge is -2.19. The first-order valence-electron chi connectivity index (χ1n) is 15.7. The highest BCUT2D eigenvalue weighted by atomic mass is 32.2. The molecule has 220 valence electrons. The molecule has 0 fully saturated rings. The zero-order valence-electron chi connectivity index (χ0n) is 26.0. The Balaban J connectivity index is 0.000000374. The minimum absolute atomic E-state index is 1.09. The van der Waals surface area contributed by atoms with E-state index in [0.29, 0.717) is 0 Å². The summed E-state index contributed by atoms with van der Waals surface area (Å²) in [4.78, 5) is 2.82. The maximum absolute atomic E-state index is 2.40. The molecule has 0 aliphatic heterocycles. The maximum Gasteiger partial charge on any atom is 0.0154 e. The van der Waals surface area contributed by atoms with Crippen LogP contribution in [0.2, 0.25) is 0 Å². The van der Waals surface area contributed by atoms with Crippen molar-refractivity contribution in [1.29, 1.82) is 0 Å². The maximum atomic E-state index is 2.40. The summed E-state index contributed by atoms with van der Waals surface area (Å²) in [6, 6.07) is 46.4. The van der Waals surface area contributed by atoms with Crippen molar-refractivity contribution in [3.05, 3.63) is 155 Å². The first-order chi connectivity index (χ1) is 21.6. The fourth-order valence-corrected chi connectivity index (χ4v) is 8.35. The predicted octanol–water partition coefficient (Wildman–Crippen LogP) is 12.1. The van der Waals surface area contributed by atoms with Crippen molar-refractivity contribution in [2.45, 2.75) is 49.8 Å². The molecular weight excluding hydrogens is 569 g/mol. The van der Waals surface area contributed by atoms with Gasteiger partial charge in [-0.15, -0.1) is 23.5 Å². The second-order valence-electron chi connectivity index (χ2n) is 11.5. The SMILES string of the molecule is CCc1ccccc1.Cc1cc(SCCc2ccccc2)c2ccc3c(SCCc4ccccc4)cc(C)c4ccc1c2c43. The molecule has 0 radical (unpaired) electrons. The van der Waals surface area contributed by atoms with Gasteiger partial charge in [-0.05, 0) is 105 Å². The third-order valence-electron chi connectivity index (χ3n) is 8.47. The number of thioether (sulfide) groups is 2. The summed E-state index contributed by atoms with van der Waals surface area (Å²) >= 11 is 3.99. The summed E-state index contributed by atoms with van der Waals surface area (Å²) in [7, 11) is 0. The van der Waals surface area contributed by atoms with Crippen LogP contribution in [0.1, 0.15) is 34.7 Å². The van der Waals surface area contributed by atoms with Gasteiger partial charge in [-0.2, -0.15) is 0 Å². The topological polar surface area (TPSA) is 0 Å². The molecule has 44 heavy (non-hydrogen) atoms. The van der Waals surface area contributed by atoms with Crippen molar-refractivity contribution in [3.8, 4) is 0 Å². The monoisotopic (exact) mass is 608 g/mol. The van der Waals surface area contributed by atoms with Gasteiger partial charge in [-0.25, -0.2) is 0 Å². The highest BCUT2D eigenvalue weighted by Crippen LogP contribution is 2.44. The number of hydrogen-bond acceptors (Lipinski definition) is 2. The first-order valence-corrected chi connectivity index (χ1v) is 17.7. The average Bonchev–Trinajstić information content (AvgIpc) is 3.07. The molecule has 7 aromatic rings. The Morgan fingerprint density at radius 1 is 0.432 bits per heavy atom. The molecule has 0 saturated carbocycles. The van der Waals surface area contributed by atoms with Crippen LogP contribution in [0.3, 0.4) is 0 Å². The largest absolute Gasteiger partial charge is 0.125 e. The van der Waals surface area contributed by atoms with Gasteiger partial charge < -0.3 is 0 Å². The van der Waals surface area contributed by atoms with E-state index in [1.54, 1.807) is 0 Å². The predicted molar refractivity (Wildman–Crippen MR) is 197 cm³/mol. The van der Waals surface area contributed by atoms with E-state index < -0.39 is 0 Å². The molecule has 0 nitrogen and oxygen atoms in total. The molecule has 0 aliphatic rings. The van der Waals surface area contributed by atoms with Crippen molar-refractivity contribution in [2.24, 2.45) is 0 Å². The molecule has 0 N–H and O–H groups in total. The lowest BCUT2D eigenvalue weighted by atomic mass is 9.90. The Hall–Kier alpha value is -3.72. The second-order valence-corrected chi connectivity index (χ2v) is 13.7. The van der Waals surface area contributed by atoms with Crippen LogP contribution >= 0.6 is 23.5 Å². The van der Waals surface area contributed by atoms with Gasteiger partial charge in [0.2, 0.25) is 0 Å². The number of benzene rings is 7. The minimum atomic E-state index is 1.09. The average molecular weight is 609 g/mol. The Morgan fingerprint density at radius 3 is 1.16 bits per heavy atom. The highest BCUT2D eigenvalue weighted by molar-refractivity contribution is 7.99. The van der Waals surface area contributed by atoms with E-state index in [4.69, 9.17) is 0 Å². The summed E-state index contributed by atoms with van der Waals surface area (Å²) in [5, 5.41) is 8.47. The molecule has 0 saturated heterocycles. The Bertz CT molecular complexity index is 1820. The molecular formula is C42H40S2. The fourth-order valence-electron chi connectivity index (χ4n) is 6.07. The van der Waals surface area contributed by atoms with Crippen molar-refractivity contribution in [2.75, 3.05) is 11.5 Å². The van der Waals surface area contributed by atoms with Crippen LogP contribution in [-0.2, 0) is 19.3 Å². The minimum Gasteiger partial charge on any atom is -0.125 e. The Morgan fingerprint density at radius 2 is 0.795 bits per heavy atom. The summed E-state index contributed by atoms with van der Waals surface area (Å²) in [5.74, 6) is 2.18. The highest BCUT2D eigenvalue weighted by Gasteiger charge is 2.17. The third-order valence-corrected chi connectivity index (χ3v) is 10.6. The lowest BCUT2D eigenvalue weighted by molar-refractivity contribution is 1.14. The van der Waals surface area contributed by atoms with Gasteiger partial charge in [0.1, 0.15) is 0 Å². The molecule has 0 aromatic heterocycles. The molecule has 0 unspecified atom stereocenters. The fraction of sp³-hybridized carbons (Fsp3) is 0.190. The van der Waals surface area contributed by atoms with E-state index in [2.05, 4.69) is 142 Å². The molecule has 2 heteroatoms. The van der Waals surface area contributed by atoms with Gasteiger partial charge in [-0.1, -0.05) is 122 Å². The Labute approximate surface area is 271 Å². The summed E-state index contributed by atoms with van der Waals surface area (Å²) in [6.07, 6.45) is 3.32. The van der Waals surface area contributed by atoms with Crippen LogP contribution in [0.25, 0.3) is 32.3 Å². The molecule has 0 spiro atoms. The van der Waals surface area contributed by atoms with Crippen LogP contribution in [0.15, 0.2) is 137 Å². The quantitative estimate of drug-likeness (QED) is 0.118. The van der Waals surface area contributed by atoms with E-state index in [9.17, 15) is 0 Å². The number of rotatable bonds is 9. The van der Waals surface area contributed by atoms with Crippen LogP contribution < -0.4 is 0 Å². The van der Waals surface area contributed by atoms with Crippen LogP contribution in [0.5, 0.6) is 0 Å². The van der Waals surface area contributed by atoms with Gasteiger partial charge in [0.05, 0.1) is 0 Å². The normalized spacial score (nSPS) is 11.2. The third kappa shape index (κ3) is 6.83. The number of aryl methyl sites for hydroxylation is 5. The van der Waals surface area contributed by atoms with Crippen LogP contribution in [0, 0.1) is 13.8 Å². The van der Waals surface area contributed by atoms with E-state index >= 15 is 0 Å². The lowest BCUT2D eigenvalue weighted by Crippen LogP contribution is -1.94. The smallest absolute Gasteiger partial charge is 0.0154 e. The van der Waals surface area contributed by atoms with E-state index in [-0.39, 0.29) is 0 Å². The van der Waals surface area contributed by atoms with Gasteiger partial charge in [-0.3, -0.25) is 0 Å². The van der Waals surface area contributed by atoms with Gasteiger partial charge >= 0.3 is 0 Å². The van der Waals surface area contributed by atoms with E-state index in [1.165, 1.54) is 69.9 Å². The molecule has 0 amide bonds. The summed E-state index contributed by atoms with van der Waals surface area (Å²) in [5.41, 5.74) is 6.98. The Kier molecular flexibility index (Phi) is 9.90. The number of hydrogen-bond donors (Lipinski definition) is 0. The van der Waals surface area contributed by atoms with Crippen molar-refractivity contribution in [1.82, 2.24) is 0 Å².